The average Bonchev–Trinajstić information content (AvgIpc) is 2.56. The van der Waals surface area contributed by atoms with Crippen LogP contribution in [-0.2, 0) is 15.0 Å². The summed E-state index contributed by atoms with van der Waals surface area (Å²) in [6.07, 6.45) is 2.89. The molecule has 1 atom stereocenters. The number of rotatable bonds is 3. The van der Waals surface area contributed by atoms with Crippen LogP contribution in [0.3, 0.4) is 0 Å². The number of amides is 1. The van der Waals surface area contributed by atoms with Crippen molar-refractivity contribution in [1.82, 2.24) is 4.98 Å². The first-order chi connectivity index (χ1) is 8.35. The maximum atomic E-state index is 12.6. The summed E-state index contributed by atoms with van der Waals surface area (Å²) in [5.41, 5.74) is 0.492. The molecule has 1 aromatic rings. The van der Waals surface area contributed by atoms with Crippen molar-refractivity contribution < 1.29 is 17.1 Å². The van der Waals surface area contributed by atoms with Crippen LogP contribution >= 0.6 is 11.6 Å². The molecule has 2 heterocycles. The first-order valence-electron chi connectivity index (χ1n) is 5.18. The Kier molecular flexibility index (Phi) is 3.54. The summed E-state index contributed by atoms with van der Waals surface area (Å²) in [7, 11) is -4.57. The van der Waals surface area contributed by atoms with Crippen LogP contribution in [0.25, 0.3) is 0 Å². The molecule has 1 amide bonds. The van der Waals surface area contributed by atoms with Gasteiger partial charge in [0.25, 0.3) is 0 Å². The Balaban J connectivity index is 2.15. The lowest BCUT2D eigenvalue weighted by Crippen LogP contribution is -2.25. The van der Waals surface area contributed by atoms with Gasteiger partial charge in [-0.3, -0.25) is 9.78 Å². The predicted molar refractivity (Wildman–Crippen MR) is 64.6 cm³/mol. The van der Waals surface area contributed by atoms with E-state index in [4.69, 9.17) is 11.6 Å². The highest BCUT2D eigenvalue weighted by atomic mass is 35.5. The Morgan fingerprint density at radius 3 is 2.83 bits per heavy atom. The zero-order valence-electron chi connectivity index (χ0n) is 9.21. The maximum Gasteiger partial charge on any atom is 0.302 e. The van der Waals surface area contributed by atoms with Gasteiger partial charge in [0.2, 0.25) is 5.91 Å². The third-order valence-corrected chi connectivity index (χ3v) is 3.72. The molecule has 0 radical (unpaired) electrons. The molecule has 0 aliphatic carbocycles. The van der Waals surface area contributed by atoms with Gasteiger partial charge in [-0.25, -0.2) is 0 Å². The molecule has 2 rings (SSSR count). The molecule has 8 heteroatoms. The quantitative estimate of drug-likeness (QED) is 0.790. The third-order valence-electron chi connectivity index (χ3n) is 2.64. The van der Waals surface area contributed by atoms with Crippen LogP contribution in [0.1, 0.15) is 6.42 Å². The van der Waals surface area contributed by atoms with Gasteiger partial charge in [0.15, 0.2) is 0 Å². The van der Waals surface area contributed by atoms with Crippen LogP contribution in [0.5, 0.6) is 0 Å². The van der Waals surface area contributed by atoms with Crippen molar-refractivity contribution in [3.05, 3.63) is 23.5 Å². The van der Waals surface area contributed by atoms with E-state index >= 15 is 0 Å². The van der Waals surface area contributed by atoms with E-state index in [0.717, 1.165) is 0 Å². The number of carbonyl (C=O) groups is 1. The third kappa shape index (κ3) is 3.17. The fourth-order valence-electron chi connectivity index (χ4n) is 1.97. The summed E-state index contributed by atoms with van der Waals surface area (Å²) in [5, 5.41) is 0.377. The van der Waals surface area contributed by atoms with Crippen molar-refractivity contribution in [2.45, 2.75) is 6.42 Å². The van der Waals surface area contributed by atoms with Gasteiger partial charge >= 0.3 is 10.2 Å². The molecule has 1 aromatic heterocycles. The van der Waals surface area contributed by atoms with Crippen LogP contribution in [0.2, 0.25) is 5.02 Å². The highest BCUT2D eigenvalue weighted by molar-refractivity contribution is 7.86. The van der Waals surface area contributed by atoms with Crippen LogP contribution in [-0.4, -0.2) is 31.6 Å². The Labute approximate surface area is 109 Å². The molecule has 1 fully saturated rings. The topological polar surface area (TPSA) is 67.3 Å². The van der Waals surface area contributed by atoms with Gasteiger partial charge < -0.3 is 4.90 Å². The fraction of sp³-hybridized carbons (Fsp3) is 0.400. The molecule has 0 bridgehead atoms. The lowest BCUT2D eigenvalue weighted by atomic mass is 10.1. The minimum atomic E-state index is -4.57. The van der Waals surface area contributed by atoms with E-state index in [-0.39, 0.29) is 18.9 Å². The van der Waals surface area contributed by atoms with Crippen LogP contribution in [0.4, 0.5) is 9.57 Å². The van der Waals surface area contributed by atoms with Crippen LogP contribution in [0.15, 0.2) is 18.5 Å². The van der Waals surface area contributed by atoms with Gasteiger partial charge in [0.1, 0.15) is 0 Å². The first-order valence-corrected chi connectivity index (χ1v) is 7.11. The Morgan fingerprint density at radius 1 is 1.50 bits per heavy atom. The summed E-state index contributed by atoms with van der Waals surface area (Å²) >= 11 is 5.76. The molecule has 1 aliphatic heterocycles. The van der Waals surface area contributed by atoms with Crippen molar-refractivity contribution in [3.63, 3.8) is 0 Å². The maximum absolute atomic E-state index is 12.6. The van der Waals surface area contributed by atoms with Crippen LogP contribution in [0, 0.1) is 5.92 Å². The average molecular weight is 293 g/mol. The van der Waals surface area contributed by atoms with Gasteiger partial charge in [-0.2, -0.15) is 8.42 Å². The molecule has 1 aliphatic rings. The molecular formula is C10H10ClFN2O3S. The standard InChI is InChI=1S/C10H10ClFN2O3S/c11-8-2-9(4-13-3-8)14-5-7(1-10(14)15)6-18(12,16)17/h2-4,7H,1,5-6H2. The number of pyridine rings is 1. The molecule has 18 heavy (non-hydrogen) atoms. The zero-order valence-corrected chi connectivity index (χ0v) is 10.8. The number of anilines is 1. The van der Waals surface area contributed by atoms with E-state index in [1.807, 2.05) is 0 Å². The largest absolute Gasteiger partial charge is 0.311 e. The molecule has 0 aromatic carbocycles. The second-order valence-electron chi connectivity index (χ2n) is 4.14. The molecule has 0 saturated carbocycles. The number of aromatic nitrogens is 1. The van der Waals surface area contributed by atoms with Gasteiger partial charge in [-0.15, -0.1) is 3.89 Å². The zero-order chi connectivity index (χ0) is 13.3. The highest BCUT2D eigenvalue weighted by Crippen LogP contribution is 2.27. The predicted octanol–water partition coefficient (Wildman–Crippen LogP) is 1.39. The summed E-state index contributed by atoms with van der Waals surface area (Å²) in [6, 6.07) is 1.55. The minimum absolute atomic E-state index is 0.00959. The van der Waals surface area contributed by atoms with Gasteiger partial charge in [-0.05, 0) is 6.07 Å². The molecule has 1 unspecified atom stereocenters. The van der Waals surface area contributed by atoms with E-state index in [9.17, 15) is 17.1 Å². The second-order valence-corrected chi connectivity index (χ2v) is 5.99. The van der Waals surface area contributed by atoms with Crippen LogP contribution < -0.4 is 4.90 Å². The number of hydrogen-bond acceptors (Lipinski definition) is 4. The molecule has 98 valence electrons. The SMILES string of the molecule is O=C1CC(CS(=O)(=O)F)CN1c1cncc(Cl)c1. The van der Waals surface area contributed by atoms with E-state index in [0.29, 0.717) is 10.7 Å². The lowest BCUT2D eigenvalue weighted by molar-refractivity contribution is -0.117. The van der Waals surface area contributed by atoms with Gasteiger partial charge in [0, 0.05) is 25.1 Å². The fourth-order valence-corrected chi connectivity index (χ4v) is 2.93. The van der Waals surface area contributed by atoms with Crippen molar-refractivity contribution in [2.24, 2.45) is 5.92 Å². The Bertz CT molecular complexity index is 578. The van der Waals surface area contributed by atoms with Crippen molar-refractivity contribution in [3.8, 4) is 0 Å². The first kappa shape index (κ1) is 13.2. The molecule has 5 nitrogen and oxygen atoms in total. The highest BCUT2D eigenvalue weighted by Gasteiger charge is 2.33. The summed E-state index contributed by atoms with van der Waals surface area (Å²) in [5.74, 6) is -1.43. The van der Waals surface area contributed by atoms with Crippen molar-refractivity contribution in [1.29, 1.82) is 0 Å². The van der Waals surface area contributed by atoms with E-state index < -0.39 is 21.9 Å². The molecule has 1 saturated heterocycles. The normalized spacial score (nSPS) is 20.4. The monoisotopic (exact) mass is 292 g/mol. The number of nitrogens with zero attached hydrogens (tertiary/aromatic N) is 2. The molecule has 0 N–H and O–H groups in total. The van der Waals surface area contributed by atoms with E-state index in [1.54, 1.807) is 6.07 Å². The summed E-state index contributed by atoms with van der Waals surface area (Å²) in [6.45, 7) is 0.157. The second kappa shape index (κ2) is 4.81. The van der Waals surface area contributed by atoms with E-state index in [1.165, 1.54) is 17.3 Å². The van der Waals surface area contributed by atoms with Crippen molar-refractivity contribution in [2.75, 3.05) is 17.2 Å². The van der Waals surface area contributed by atoms with Gasteiger partial charge in [0.05, 0.1) is 22.7 Å². The van der Waals surface area contributed by atoms with Gasteiger partial charge in [-0.1, -0.05) is 11.6 Å². The lowest BCUT2D eigenvalue weighted by Gasteiger charge is -2.16. The van der Waals surface area contributed by atoms with Crippen molar-refractivity contribution >= 4 is 33.4 Å². The Hall–Kier alpha value is -1.21. The number of hydrogen-bond donors (Lipinski definition) is 0. The minimum Gasteiger partial charge on any atom is -0.311 e. The summed E-state index contributed by atoms with van der Waals surface area (Å²) < 4.78 is 33.7. The summed E-state index contributed by atoms with van der Waals surface area (Å²) in [4.78, 5) is 16.9. The Morgan fingerprint density at radius 2 is 2.22 bits per heavy atom. The smallest absolute Gasteiger partial charge is 0.302 e. The number of halogens is 2. The van der Waals surface area contributed by atoms with E-state index in [2.05, 4.69) is 4.98 Å². The molecule has 0 spiro atoms. The molecular weight excluding hydrogens is 283 g/mol. The number of carbonyl (C=O) groups excluding carboxylic acids is 1.